The SMILES string of the molecule is CCC(C)[C@H](NC(=O)OC(C)(C)C)C(=O)OCCBr. The second kappa shape index (κ2) is 8.40. The summed E-state index contributed by atoms with van der Waals surface area (Å²) in [5.41, 5.74) is -0.593. The minimum Gasteiger partial charge on any atom is -0.463 e. The third kappa shape index (κ3) is 8.08. The number of esters is 1. The van der Waals surface area contributed by atoms with Gasteiger partial charge in [-0.1, -0.05) is 36.2 Å². The fourth-order valence-corrected chi connectivity index (χ4v) is 1.49. The summed E-state index contributed by atoms with van der Waals surface area (Å²) in [4.78, 5) is 23.6. The molecule has 0 aromatic carbocycles. The molecule has 19 heavy (non-hydrogen) atoms. The number of alkyl halides is 1. The van der Waals surface area contributed by atoms with E-state index in [2.05, 4.69) is 21.2 Å². The van der Waals surface area contributed by atoms with Gasteiger partial charge in [0.25, 0.3) is 0 Å². The van der Waals surface area contributed by atoms with E-state index in [0.717, 1.165) is 6.42 Å². The van der Waals surface area contributed by atoms with Gasteiger partial charge < -0.3 is 14.8 Å². The van der Waals surface area contributed by atoms with Crippen molar-refractivity contribution in [2.24, 2.45) is 5.92 Å². The van der Waals surface area contributed by atoms with Crippen LogP contribution in [0.2, 0.25) is 0 Å². The maximum atomic E-state index is 11.9. The molecule has 1 unspecified atom stereocenters. The van der Waals surface area contributed by atoms with Crippen LogP contribution in [0.15, 0.2) is 0 Å². The molecule has 0 saturated carbocycles. The Morgan fingerprint density at radius 1 is 1.32 bits per heavy atom. The molecule has 6 heteroatoms. The van der Waals surface area contributed by atoms with Crippen LogP contribution in [-0.2, 0) is 14.3 Å². The molecule has 0 radical (unpaired) electrons. The van der Waals surface area contributed by atoms with Crippen molar-refractivity contribution in [3.05, 3.63) is 0 Å². The Kier molecular flexibility index (Phi) is 8.06. The molecule has 5 nitrogen and oxygen atoms in total. The van der Waals surface area contributed by atoms with Crippen molar-refractivity contribution in [2.45, 2.75) is 52.7 Å². The minimum atomic E-state index is -0.682. The van der Waals surface area contributed by atoms with Crippen LogP contribution in [0.5, 0.6) is 0 Å². The van der Waals surface area contributed by atoms with Gasteiger partial charge in [-0.3, -0.25) is 0 Å². The van der Waals surface area contributed by atoms with Crippen LogP contribution in [0, 0.1) is 5.92 Å². The average Bonchev–Trinajstić information content (AvgIpc) is 2.29. The second-order valence-corrected chi connectivity index (χ2v) is 6.16. The topological polar surface area (TPSA) is 64.6 Å². The van der Waals surface area contributed by atoms with Gasteiger partial charge in [0.2, 0.25) is 0 Å². The molecular weight excluding hydrogens is 314 g/mol. The first-order valence-corrected chi connectivity index (χ1v) is 7.55. The Balaban J connectivity index is 4.60. The van der Waals surface area contributed by atoms with E-state index >= 15 is 0 Å². The van der Waals surface area contributed by atoms with E-state index in [1.54, 1.807) is 20.8 Å². The van der Waals surface area contributed by atoms with Gasteiger partial charge in [0.15, 0.2) is 0 Å². The molecule has 0 heterocycles. The Hall–Kier alpha value is -0.780. The molecule has 2 atom stereocenters. The fourth-order valence-electron chi connectivity index (χ4n) is 1.33. The highest BCUT2D eigenvalue weighted by Crippen LogP contribution is 2.12. The fraction of sp³-hybridized carbons (Fsp3) is 0.846. The van der Waals surface area contributed by atoms with Crippen LogP contribution < -0.4 is 5.32 Å². The van der Waals surface area contributed by atoms with Gasteiger partial charge in [0.05, 0.1) is 0 Å². The van der Waals surface area contributed by atoms with Crippen molar-refractivity contribution in [2.75, 3.05) is 11.9 Å². The Labute approximate surface area is 123 Å². The third-order valence-electron chi connectivity index (χ3n) is 2.46. The molecule has 0 fully saturated rings. The van der Waals surface area contributed by atoms with Crippen molar-refractivity contribution in [3.8, 4) is 0 Å². The summed E-state index contributed by atoms with van der Waals surface area (Å²) < 4.78 is 10.2. The molecule has 0 aromatic rings. The maximum absolute atomic E-state index is 11.9. The highest BCUT2D eigenvalue weighted by molar-refractivity contribution is 9.09. The van der Waals surface area contributed by atoms with Crippen LogP contribution in [0.25, 0.3) is 0 Å². The average molecular weight is 338 g/mol. The lowest BCUT2D eigenvalue weighted by molar-refractivity contribution is -0.146. The highest BCUT2D eigenvalue weighted by Gasteiger charge is 2.29. The molecule has 0 aromatic heterocycles. The number of nitrogens with one attached hydrogen (secondary N) is 1. The second-order valence-electron chi connectivity index (χ2n) is 5.37. The number of carbonyl (C=O) groups excluding carboxylic acids is 2. The summed E-state index contributed by atoms with van der Waals surface area (Å²) in [6, 6.07) is -0.682. The molecular formula is C13H24BrNO4. The molecule has 1 amide bonds. The molecule has 0 aliphatic rings. The molecule has 1 N–H and O–H groups in total. The van der Waals surface area contributed by atoms with E-state index in [0.29, 0.717) is 5.33 Å². The number of hydrogen-bond acceptors (Lipinski definition) is 4. The molecule has 0 aliphatic heterocycles. The minimum absolute atomic E-state index is 0.0182. The van der Waals surface area contributed by atoms with E-state index in [9.17, 15) is 9.59 Å². The standard InChI is InChI=1S/C13H24BrNO4/c1-6-9(2)10(11(16)18-8-7-14)15-12(17)19-13(3,4)5/h9-10H,6-8H2,1-5H3,(H,15,17)/t9?,10-/m0/s1. The Bertz CT molecular complexity index is 302. The van der Waals surface area contributed by atoms with Gasteiger partial charge in [-0.05, 0) is 26.7 Å². The number of carbonyl (C=O) groups is 2. The summed E-state index contributed by atoms with van der Waals surface area (Å²) >= 11 is 3.18. The third-order valence-corrected chi connectivity index (χ3v) is 2.78. The van der Waals surface area contributed by atoms with E-state index in [4.69, 9.17) is 9.47 Å². The normalized spacial score (nSPS) is 14.4. The first-order chi connectivity index (χ1) is 8.71. The van der Waals surface area contributed by atoms with Crippen LogP contribution >= 0.6 is 15.9 Å². The van der Waals surface area contributed by atoms with Crippen LogP contribution in [0.4, 0.5) is 4.79 Å². The summed E-state index contributed by atoms with van der Waals surface area (Å²) in [7, 11) is 0. The zero-order chi connectivity index (χ0) is 15.1. The van der Waals surface area contributed by atoms with Gasteiger partial charge in [-0.2, -0.15) is 0 Å². The van der Waals surface area contributed by atoms with Crippen LogP contribution in [0.3, 0.4) is 0 Å². The monoisotopic (exact) mass is 337 g/mol. The molecule has 112 valence electrons. The zero-order valence-electron chi connectivity index (χ0n) is 12.3. The first-order valence-electron chi connectivity index (χ1n) is 6.43. The number of ether oxygens (including phenoxy) is 2. The summed E-state index contributed by atoms with van der Waals surface area (Å²) in [5, 5.41) is 3.15. The Morgan fingerprint density at radius 3 is 2.32 bits per heavy atom. The maximum Gasteiger partial charge on any atom is 0.408 e. The summed E-state index contributed by atoms with van der Waals surface area (Å²) in [5.74, 6) is -0.449. The molecule has 0 spiro atoms. The van der Waals surface area contributed by atoms with E-state index in [1.165, 1.54) is 0 Å². The van der Waals surface area contributed by atoms with E-state index in [-0.39, 0.29) is 12.5 Å². The van der Waals surface area contributed by atoms with Gasteiger partial charge in [0.1, 0.15) is 18.2 Å². The van der Waals surface area contributed by atoms with Crippen LogP contribution in [0.1, 0.15) is 41.0 Å². The molecule has 0 aliphatic carbocycles. The van der Waals surface area contributed by atoms with Crippen molar-refractivity contribution in [1.29, 1.82) is 0 Å². The number of amides is 1. The van der Waals surface area contributed by atoms with Crippen molar-refractivity contribution in [1.82, 2.24) is 5.32 Å². The Morgan fingerprint density at radius 2 is 1.89 bits per heavy atom. The summed E-state index contributed by atoms with van der Waals surface area (Å²) in [6.07, 6.45) is 0.151. The molecule has 0 rings (SSSR count). The van der Waals surface area contributed by atoms with Gasteiger partial charge >= 0.3 is 12.1 Å². The number of hydrogen-bond donors (Lipinski definition) is 1. The first kappa shape index (κ1) is 18.2. The van der Waals surface area contributed by atoms with Crippen LogP contribution in [-0.4, -0.2) is 35.6 Å². The van der Waals surface area contributed by atoms with E-state index < -0.39 is 23.7 Å². The largest absolute Gasteiger partial charge is 0.463 e. The zero-order valence-corrected chi connectivity index (χ0v) is 13.9. The van der Waals surface area contributed by atoms with Crippen molar-refractivity contribution < 1.29 is 19.1 Å². The number of alkyl carbamates (subject to hydrolysis) is 1. The van der Waals surface area contributed by atoms with Gasteiger partial charge in [-0.15, -0.1) is 0 Å². The summed E-state index contributed by atoms with van der Waals surface area (Å²) in [6.45, 7) is 9.43. The van der Waals surface area contributed by atoms with Gasteiger partial charge in [-0.25, -0.2) is 9.59 Å². The predicted octanol–water partition coefficient (Wildman–Crippen LogP) is 2.86. The number of halogens is 1. The van der Waals surface area contributed by atoms with Crippen molar-refractivity contribution >= 4 is 28.0 Å². The molecule has 0 bridgehead atoms. The smallest absolute Gasteiger partial charge is 0.408 e. The predicted molar refractivity (Wildman–Crippen MR) is 77.4 cm³/mol. The lowest BCUT2D eigenvalue weighted by Crippen LogP contribution is -2.47. The van der Waals surface area contributed by atoms with E-state index in [1.807, 2.05) is 13.8 Å². The van der Waals surface area contributed by atoms with Gasteiger partial charge in [0, 0.05) is 5.33 Å². The molecule has 0 saturated heterocycles. The number of rotatable bonds is 6. The lowest BCUT2D eigenvalue weighted by atomic mass is 9.99. The highest BCUT2D eigenvalue weighted by atomic mass is 79.9. The lowest BCUT2D eigenvalue weighted by Gasteiger charge is -2.25. The van der Waals surface area contributed by atoms with Crippen molar-refractivity contribution in [3.63, 3.8) is 0 Å². The quantitative estimate of drug-likeness (QED) is 0.597.